The summed E-state index contributed by atoms with van der Waals surface area (Å²) in [5.41, 5.74) is 1.70. The molecule has 5 heteroatoms. The van der Waals surface area contributed by atoms with Crippen LogP contribution in [0.25, 0.3) is 0 Å². The van der Waals surface area contributed by atoms with Crippen LogP contribution in [0.5, 0.6) is 0 Å². The maximum Gasteiger partial charge on any atom is 0.186 e. The van der Waals surface area contributed by atoms with E-state index in [0.29, 0.717) is 0 Å². The second kappa shape index (κ2) is 6.42. The van der Waals surface area contributed by atoms with Gasteiger partial charge in [-0.3, -0.25) is 4.99 Å². The Morgan fingerprint density at radius 2 is 2.23 bits per heavy atom. The van der Waals surface area contributed by atoms with Crippen molar-refractivity contribution in [1.29, 1.82) is 0 Å². The van der Waals surface area contributed by atoms with Crippen molar-refractivity contribution in [2.45, 2.75) is 25.5 Å². The molecule has 3 rings (SSSR count). The molecular weight excluding hydrogens is 294 g/mol. The number of anilines is 1. The Bertz CT molecular complexity index is 681. The van der Waals surface area contributed by atoms with E-state index in [-0.39, 0.29) is 12.1 Å². The fourth-order valence-corrected chi connectivity index (χ4v) is 3.83. The molecule has 1 aliphatic heterocycles. The molecule has 0 saturated heterocycles. The van der Waals surface area contributed by atoms with Gasteiger partial charge in [-0.2, -0.15) is 0 Å². The van der Waals surface area contributed by atoms with Crippen molar-refractivity contribution in [3.63, 3.8) is 0 Å². The van der Waals surface area contributed by atoms with Crippen LogP contribution in [-0.4, -0.2) is 22.8 Å². The molecule has 1 aromatic carbocycles. The van der Waals surface area contributed by atoms with Crippen molar-refractivity contribution in [1.82, 2.24) is 4.98 Å². The smallest absolute Gasteiger partial charge is 0.186 e. The Morgan fingerprint density at radius 1 is 1.36 bits per heavy atom. The predicted octanol–water partition coefficient (Wildman–Crippen LogP) is 3.35. The first-order chi connectivity index (χ1) is 10.8. The average molecular weight is 313 g/mol. The lowest BCUT2D eigenvalue weighted by molar-refractivity contribution is 0.278. The SMILES string of the molecule is CCN(c1nccs1)C1(c2ccccc2CO)C=CN=CC1. The number of hydrogen-bond donors (Lipinski definition) is 1. The molecule has 0 fully saturated rings. The second-order valence-electron chi connectivity index (χ2n) is 5.15. The van der Waals surface area contributed by atoms with Gasteiger partial charge in [-0.25, -0.2) is 4.98 Å². The number of aromatic nitrogens is 1. The highest BCUT2D eigenvalue weighted by Crippen LogP contribution is 2.40. The highest BCUT2D eigenvalue weighted by Gasteiger charge is 2.38. The monoisotopic (exact) mass is 313 g/mol. The molecule has 0 spiro atoms. The molecule has 0 saturated carbocycles. The topological polar surface area (TPSA) is 48.7 Å². The number of nitrogens with zero attached hydrogens (tertiary/aromatic N) is 3. The first kappa shape index (κ1) is 14.9. The minimum Gasteiger partial charge on any atom is -0.392 e. The quantitative estimate of drug-likeness (QED) is 0.921. The van der Waals surface area contributed by atoms with Gasteiger partial charge in [0, 0.05) is 37.0 Å². The largest absolute Gasteiger partial charge is 0.392 e. The molecule has 1 unspecified atom stereocenters. The Kier molecular flexibility index (Phi) is 4.36. The zero-order valence-electron chi connectivity index (χ0n) is 12.5. The molecule has 4 nitrogen and oxygen atoms in total. The summed E-state index contributed by atoms with van der Waals surface area (Å²) >= 11 is 1.63. The predicted molar refractivity (Wildman–Crippen MR) is 91.4 cm³/mol. The van der Waals surface area contributed by atoms with Gasteiger partial charge in [0.15, 0.2) is 5.13 Å². The van der Waals surface area contributed by atoms with Crippen LogP contribution in [-0.2, 0) is 12.1 Å². The van der Waals surface area contributed by atoms with E-state index in [9.17, 15) is 5.11 Å². The summed E-state index contributed by atoms with van der Waals surface area (Å²) < 4.78 is 0. The van der Waals surface area contributed by atoms with Crippen molar-refractivity contribution in [3.05, 3.63) is 59.2 Å². The molecule has 0 aliphatic carbocycles. The normalized spacial score (nSPS) is 20.3. The Morgan fingerprint density at radius 3 is 2.86 bits per heavy atom. The number of hydrogen-bond acceptors (Lipinski definition) is 5. The number of likely N-dealkylation sites (N-methyl/N-ethyl adjacent to an activating group) is 1. The van der Waals surface area contributed by atoms with Crippen LogP contribution in [0.4, 0.5) is 5.13 Å². The molecule has 22 heavy (non-hydrogen) atoms. The number of rotatable bonds is 5. The van der Waals surface area contributed by atoms with Gasteiger partial charge in [-0.1, -0.05) is 24.3 Å². The van der Waals surface area contributed by atoms with Gasteiger partial charge in [-0.05, 0) is 24.1 Å². The molecule has 114 valence electrons. The average Bonchev–Trinajstić information content (AvgIpc) is 3.10. The van der Waals surface area contributed by atoms with E-state index in [0.717, 1.165) is 29.2 Å². The Labute approximate surface area is 134 Å². The highest BCUT2D eigenvalue weighted by molar-refractivity contribution is 7.13. The molecule has 1 aliphatic rings. The molecule has 0 amide bonds. The van der Waals surface area contributed by atoms with E-state index in [1.165, 1.54) is 0 Å². The summed E-state index contributed by atoms with van der Waals surface area (Å²) in [5, 5.41) is 12.7. The van der Waals surface area contributed by atoms with Crippen molar-refractivity contribution >= 4 is 22.7 Å². The molecule has 2 heterocycles. The fourth-order valence-electron chi connectivity index (χ4n) is 3.05. The zero-order valence-corrected chi connectivity index (χ0v) is 13.3. The van der Waals surface area contributed by atoms with E-state index in [4.69, 9.17) is 0 Å². The lowest BCUT2D eigenvalue weighted by Crippen LogP contribution is -2.46. The van der Waals surface area contributed by atoms with Crippen molar-refractivity contribution in [3.8, 4) is 0 Å². The van der Waals surface area contributed by atoms with Gasteiger partial charge >= 0.3 is 0 Å². The van der Waals surface area contributed by atoms with Crippen LogP contribution in [0.1, 0.15) is 24.5 Å². The highest BCUT2D eigenvalue weighted by atomic mass is 32.1. The summed E-state index contributed by atoms with van der Waals surface area (Å²) in [4.78, 5) is 11.0. The molecule has 0 bridgehead atoms. The van der Waals surface area contributed by atoms with Crippen LogP contribution < -0.4 is 4.90 Å². The van der Waals surface area contributed by atoms with Crippen LogP contribution in [0.15, 0.2) is 53.1 Å². The van der Waals surface area contributed by atoms with E-state index < -0.39 is 0 Å². The summed E-state index contributed by atoms with van der Waals surface area (Å²) in [6.07, 6.45) is 8.48. The second-order valence-corrected chi connectivity index (χ2v) is 6.02. The van der Waals surface area contributed by atoms with Crippen molar-refractivity contribution in [2.75, 3.05) is 11.4 Å². The first-order valence-electron chi connectivity index (χ1n) is 7.37. The zero-order chi connectivity index (χ0) is 15.4. The third kappa shape index (κ3) is 2.46. The van der Waals surface area contributed by atoms with Gasteiger partial charge < -0.3 is 10.0 Å². The van der Waals surface area contributed by atoms with Crippen LogP contribution in [0.3, 0.4) is 0 Å². The maximum absolute atomic E-state index is 9.76. The molecule has 1 atom stereocenters. The Hall–Kier alpha value is -1.98. The summed E-state index contributed by atoms with van der Waals surface area (Å²) in [5.74, 6) is 0. The standard InChI is InChI=1S/C17H19N3OS/c1-2-20(16-19-11-12-22-16)17(7-9-18-10-8-17)15-6-4-3-5-14(15)13-21/h3-7,9-12,21H,2,8,13H2,1H3. The maximum atomic E-state index is 9.76. The van der Waals surface area contributed by atoms with Crippen molar-refractivity contribution < 1.29 is 5.11 Å². The minimum atomic E-state index is -0.353. The summed E-state index contributed by atoms with van der Waals surface area (Å²) in [6.45, 7) is 2.98. The Balaban J connectivity index is 2.17. The van der Waals surface area contributed by atoms with E-state index in [1.54, 1.807) is 11.3 Å². The van der Waals surface area contributed by atoms with Gasteiger partial charge in [0.1, 0.15) is 0 Å². The van der Waals surface area contributed by atoms with Gasteiger partial charge in [-0.15, -0.1) is 11.3 Å². The molecule has 1 aromatic heterocycles. The molecule has 1 N–H and O–H groups in total. The van der Waals surface area contributed by atoms with Crippen molar-refractivity contribution in [2.24, 2.45) is 4.99 Å². The van der Waals surface area contributed by atoms with E-state index in [1.807, 2.05) is 42.2 Å². The van der Waals surface area contributed by atoms with E-state index >= 15 is 0 Å². The number of aliphatic hydroxyl groups is 1. The van der Waals surface area contributed by atoms with Gasteiger partial charge in [0.2, 0.25) is 0 Å². The van der Waals surface area contributed by atoms with E-state index in [2.05, 4.69) is 33.9 Å². The fraction of sp³-hybridized carbons (Fsp3) is 0.294. The molecule has 0 radical (unpaired) electrons. The number of aliphatic hydroxyl groups excluding tert-OH is 1. The third-order valence-corrected chi connectivity index (χ3v) is 4.84. The van der Waals surface area contributed by atoms with Crippen LogP contribution in [0, 0.1) is 0 Å². The van der Waals surface area contributed by atoms with Gasteiger partial charge in [0.25, 0.3) is 0 Å². The third-order valence-electron chi connectivity index (χ3n) is 4.05. The minimum absolute atomic E-state index is 0.0261. The molecular formula is C17H19N3OS. The first-order valence-corrected chi connectivity index (χ1v) is 8.25. The van der Waals surface area contributed by atoms with Crippen LogP contribution >= 0.6 is 11.3 Å². The number of aliphatic imine (C=N–C) groups is 1. The summed E-state index contributed by atoms with van der Waals surface area (Å²) in [6, 6.07) is 8.05. The van der Waals surface area contributed by atoms with Gasteiger partial charge in [0.05, 0.1) is 12.1 Å². The lowest BCUT2D eigenvalue weighted by atomic mass is 9.81. The summed E-state index contributed by atoms with van der Waals surface area (Å²) in [7, 11) is 0. The number of benzene rings is 1. The number of thiazole rings is 1. The molecule has 2 aromatic rings. The lowest BCUT2D eigenvalue weighted by Gasteiger charge is -2.43. The van der Waals surface area contributed by atoms with Crippen LogP contribution in [0.2, 0.25) is 0 Å².